The van der Waals surface area contributed by atoms with Crippen LogP contribution >= 0.6 is 20.1 Å². The summed E-state index contributed by atoms with van der Waals surface area (Å²) >= 11 is 0. The summed E-state index contributed by atoms with van der Waals surface area (Å²) in [5, 5.41) is 3.96. The van der Waals surface area contributed by atoms with Gasteiger partial charge in [0, 0.05) is 50.5 Å². The summed E-state index contributed by atoms with van der Waals surface area (Å²) in [4.78, 5) is 20.3. The number of hydrogen-bond acceptors (Lipinski definition) is 4. The lowest BCUT2D eigenvalue weighted by atomic mass is 10.2. The second-order valence-electron chi connectivity index (χ2n) is 19.3. The summed E-state index contributed by atoms with van der Waals surface area (Å²) in [6, 6.07) is 108. The van der Waals surface area contributed by atoms with Gasteiger partial charge in [0.1, 0.15) is 0 Å². The van der Waals surface area contributed by atoms with Crippen LogP contribution < -0.4 is 15.1 Å². The average Bonchev–Trinajstić information content (AvgIpc) is 4.33. The van der Waals surface area contributed by atoms with Gasteiger partial charge in [0.2, 0.25) is 5.78 Å². The molecular formula is C68H50N6S2. The summed E-state index contributed by atoms with van der Waals surface area (Å²) < 4.78 is 4.67. The van der Waals surface area contributed by atoms with Crippen LogP contribution in [0.4, 0.5) is 28.4 Å². The smallest absolute Gasteiger partial charge is 0.220 e. The van der Waals surface area contributed by atoms with Gasteiger partial charge in [0.15, 0.2) is 6.29 Å². The fourth-order valence-corrected chi connectivity index (χ4v) is 19.8. The minimum atomic E-state index is -2.15. The van der Waals surface area contributed by atoms with E-state index in [-0.39, 0.29) is 6.29 Å². The van der Waals surface area contributed by atoms with E-state index in [1.54, 1.807) is 0 Å². The summed E-state index contributed by atoms with van der Waals surface area (Å²) in [7, 11) is -4.27. The van der Waals surface area contributed by atoms with Crippen LogP contribution in [-0.4, -0.2) is 20.2 Å². The minimum Gasteiger partial charge on any atom is -0.346 e. The molecule has 0 saturated carbocycles. The molecular weight excluding hydrogens is 965 g/mol. The second-order valence-corrected chi connectivity index (χ2v) is 25.5. The summed E-state index contributed by atoms with van der Waals surface area (Å²) in [5.41, 5.74) is 11.1. The molecule has 11 aromatic carbocycles. The largest absolute Gasteiger partial charge is 0.346 e. The first-order chi connectivity index (χ1) is 37.7. The number of imidazole rings is 2. The van der Waals surface area contributed by atoms with E-state index in [9.17, 15) is 0 Å². The van der Waals surface area contributed by atoms with Crippen LogP contribution in [0.3, 0.4) is 0 Å². The van der Waals surface area contributed by atoms with Gasteiger partial charge in [-0.15, -0.1) is 20.1 Å². The first-order valence-corrected chi connectivity index (χ1v) is 29.1. The molecule has 13 aromatic rings. The van der Waals surface area contributed by atoms with Gasteiger partial charge in [0.25, 0.3) is 0 Å². The average molecular weight is 1020 g/mol. The number of fused-ring (bicyclic) bond motifs is 10. The standard InChI is InChI=1S/C68H50N6S2/c1-7-23-49(24-8-1)71-62-37-21-22-38-63(62)74-65-47-57(43-45-60(65)70-68(71)74)75(51-27-11-3-12-28-51,52-29-13-4-14-30-52)55-39-41-56(42-40-55)76(53-31-15-5-16-32-53,54-33-17-6-18-34-54)58-44-46-64-66(48-58)73-61-36-20-19-35-59(61)69-67(73)72(64)50-25-9-2-10-26-50/h1-48,68,70H. The molecule has 2 aliphatic heterocycles. The Labute approximate surface area is 445 Å². The van der Waals surface area contributed by atoms with Crippen molar-refractivity contribution < 1.29 is 0 Å². The molecule has 0 fully saturated rings. The molecule has 0 bridgehead atoms. The van der Waals surface area contributed by atoms with E-state index in [1.807, 2.05) is 0 Å². The van der Waals surface area contributed by atoms with Gasteiger partial charge in [-0.25, -0.2) is 4.98 Å². The molecule has 0 amide bonds. The Balaban J connectivity index is 0.962. The van der Waals surface area contributed by atoms with Gasteiger partial charge in [0.05, 0.1) is 44.8 Å². The van der Waals surface area contributed by atoms with Crippen LogP contribution in [-0.2, 0) is 0 Å². The molecule has 8 heteroatoms. The molecule has 15 rings (SSSR count). The van der Waals surface area contributed by atoms with Crippen molar-refractivity contribution in [3.05, 3.63) is 291 Å². The van der Waals surface area contributed by atoms with E-state index in [0.29, 0.717) is 0 Å². The van der Waals surface area contributed by atoms with Gasteiger partial charge in [-0.1, -0.05) is 133 Å². The van der Waals surface area contributed by atoms with Crippen molar-refractivity contribution in [2.45, 2.75) is 45.5 Å². The molecule has 1 N–H and O–H groups in total. The number of para-hydroxylation sites is 6. The van der Waals surface area contributed by atoms with E-state index >= 15 is 0 Å². The molecule has 2 aliphatic rings. The van der Waals surface area contributed by atoms with Crippen molar-refractivity contribution in [3.8, 4) is 5.69 Å². The summed E-state index contributed by atoms with van der Waals surface area (Å²) in [5.74, 6) is 0.894. The van der Waals surface area contributed by atoms with Crippen molar-refractivity contribution in [3.63, 3.8) is 0 Å². The van der Waals surface area contributed by atoms with Crippen molar-refractivity contribution in [1.29, 1.82) is 0 Å². The van der Waals surface area contributed by atoms with Gasteiger partial charge >= 0.3 is 0 Å². The fourth-order valence-electron chi connectivity index (χ4n) is 12.1. The van der Waals surface area contributed by atoms with E-state index in [4.69, 9.17) is 4.98 Å². The first-order valence-electron chi connectivity index (χ1n) is 25.8. The van der Waals surface area contributed by atoms with E-state index in [1.165, 1.54) is 56.2 Å². The molecule has 76 heavy (non-hydrogen) atoms. The van der Waals surface area contributed by atoms with Crippen LogP contribution in [0.15, 0.2) is 330 Å². The highest BCUT2D eigenvalue weighted by Gasteiger charge is 2.44. The monoisotopic (exact) mass is 1010 g/mol. The van der Waals surface area contributed by atoms with Crippen LogP contribution in [0.1, 0.15) is 0 Å². The van der Waals surface area contributed by atoms with Crippen molar-refractivity contribution in [2.24, 2.45) is 0 Å². The van der Waals surface area contributed by atoms with Crippen LogP contribution in [0.25, 0.3) is 33.5 Å². The van der Waals surface area contributed by atoms with Gasteiger partial charge in [-0.05, 0) is 158 Å². The van der Waals surface area contributed by atoms with Crippen molar-refractivity contribution in [1.82, 2.24) is 14.0 Å². The predicted octanol–water partition coefficient (Wildman–Crippen LogP) is 18.1. The van der Waals surface area contributed by atoms with Crippen molar-refractivity contribution >= 4 is 76.3 Å². The number of nitrogens with one attached hydrogen (secondary N) is 1. The Kier molecular flexibility index (Phi) is 10.3. The van der Waals surface area contributed by atoms with Crippen LogP contribution in [0.5, 0.6) is 0 Å². The third-order valence-electron chi connectivity index (χ3n) is 15.2. The van der Waals surface area contributed by atoms with Gasteiger partial charge < -0.3 is 10.2 Å². The normalized spacial score (nSPS) is 14.4. The zero-order valence-electron chi connectivity index (χ0n) is 41.3. The molecule has 0 spiro atoms. The van der Waals surface area contributed by atoms with E-state index in [0.717, 1.165) is 44.9 Å². The predicted molar refractivity (Wildman–Crippen MR) is 314 cm³/mol. The Morgan fingerprint density at radius 3 is 1.29 bits per heavy atom. The summed E-state index contributed by atoms with van der Waals surface area (Å²) in [6.45, 7) is 0. The molecule has 0 saturated heterocycles. The molecule has 1 unspecified atom stereocenters. The topological polar surface area (TPSA) is 40.7 Å². The maximum Gasteiger partial charge on any atom is 0.220 e. The number of anilines is 5. The summed E-state index contributed by atoms with van der Waals surface area (Å²) in [6.07, 6.45) is -0.117. The molecule has 4 heterocycles. The first kappa shape index (κ1) is 44.3. The van der Waals surface area contributed by atoms with Crippen LogP contribution in [0, 0.1) is 0 Å². The van der Waals surface area contributed by atoms with Gasteiger partial charge in [-0.3, -0.25) is 13.9 Å². The zero-order chi connectivity index (χ0) is 50.2. The Morgan fingerprint density at radius 2 is 0.737 bits per heavy atom. The maximum atomic E-state index is 5.29. The number of benzene rings is 11. The third kappa shape index (κ3) is 6.54. The lowest BCUT2D eigenvalue weighted by Gasteiger charge is -2.44. The molecule has 364 valence electrons. The fraction of sp³-hybridized carbons (Fsp3) is 0.0147. The Morgan fingerprint density at radius 1 is 0.316 bits per heavy atom. The quantitative estimate of drug-likeness (QED) is 0.148. The highest BCUT2D eigenvalue weighted by Crippen LogP contribution is 2.77. The van der Waals surface area contributed by atoms with E-state index in [2.05, 4.69) is 315 Å². The lowest BCUT2D eigenvalue weighted by molar-refractivity contribution is 0.808. The lowest BCUT2D eigenvalue weighted by Crippen LogP contribution is -2.40. The Bertz CT molecular complexity index is 4190. The maximum absolute atomic E-state index is 5.29. The van der Waals surface area contributed by atoms with Crippen molar-refractivity contribution in [2.75, 3.05) is 15.1 Å². The molecule has 2 aromatic heterocycles. The number of aromatic nitrogens is 3. The highest BCUT2D eigenvalue weighted by molar-refractivity contribution is 8.34. The minimum absolute atomic E-state index is 0.117. The molecule has 0 aliphatic carbocycles. The number of rotatable bonds is 10. The SMILES string of the molecule is c1ccc(N2c3ccccc3N3c4cc(S(c5ccccc5)(c5ccccc5)c5ccc(S(c6ccccc6)(c6ccccc6)c6ccc7c(c6)n6c8ccccc8nc6n7-c6ccccc6)cc5)ccc4NC23)cc1. The zero-order valence-corrected chi connectivity index (χ0v) is 43.0. The second kappa shape index (κ2) is 17.7. The third-order valence-corrected chi connectivity index (χ3v) is 23.0. The highest BCUT2D eigenvalue weighted by atomic mass is 32.3. The Hall–Kier alpha value is -9.21. The molecule has 1 atom stereocenters. The molecule has 0 radical (unpaired) electrons. The number of nitrogens with zero attached hydrogens (tertiary/aromatic N) is 5. The molecule has 6 nitrogen and oxygen atoms in total. The van der Waals surface area contributed by atoms with Gasteiger partial charge in [-0.2, -0.15) is 0 Å². The van der Waals surface area contributed by atoms with Crippen LogP contribution in [0.2, 0.25) is 0 Å². The number of hydrogen-bond donors (Lipinski definition) is 1. The van der Waals surface area contributed by atoms with E-state index < -0.39 is 20.1 Å².